The molecule has 0 amide bonds. The van der Waals surface area contributed by atoms with Crippen molar-refractivity contribution in [3.05, 3.63) is 40.9 Å². The van der Waals surface area contributed by atoms with Gasteiger partial charge in [0.25, 0.3) is 0 Å². The Morgan fingerprint density at radius 1 is 1.40 bits per heavy atom. The molecule has 0 spiro atoms. The number of esters is 1. The van der Waals surface area contributed by atoms with Gasteiger partial charge >= 0.3 is 5.97 Å². The van der Waals surface area contributed by atoms with Gasteiger partial charge in [0.1, 0.15) is 5.82 Å². The minimum Gasteiger partial charge on any atom is -0.460 e. The van der Waals surface area contributed by atoms with Crippen molar-refractivity contribution < 1.29 is 19.2 Å². The zero-order chi connectivity index (χ0) is 17.4. The van der Waals surface area contributed by atoms with Crippen LogP contribution in [0.5, 0.6) is 0 Å². The summed E-state index contributed by atoms with van der Waals surface area (Å²) < 4.78 is 9.92. The van der Waals surface area contributed by atoms with Crippen molar-refractivity contribution in [2.75, 3.05) is 24.6 Å². The van der Waals surface area contributed by atoms with E-state index in [4.69, 9.17) is 9.26 Å². The maximum absolute atomic E-state index is 11.6. The topological polar surface area (TPSA) is 88.7 Å². The lowest BCUT2D eigenvalue weighted by molar-refractivity contribution is 0.0479. The fourth-order valence-corrected chi connectivity index (χ4v) is 3.47. The maximum atomic E-state index is 11.6. The van der Waals surface area contributed by atoms with Crippen LogP contribution in [-0.4, -0.2) is 40.9 Å². The third-order valence-corrected chi connectivity index (χ3v) is 4.91. The number of nitrogens with zero attached hydrogens (tertiary/aromatic N) is 3. The Bertz CT molecular complexity index is 778. The number of aromatic nitrogens is 2. The molecule has 1 saturated heterocycles. The first kappa shape index (κ1) is 16.1. The standard InChI is InChI=1S/C18H21N3O4/c1-2-24-18(23)16-7-14(20-25-16)6-11-3-4-17(19-15(11)10-22)21-8-12-5-13(12)9-21/h3-4,7,12-13,22H,2,5-6,8-10H2,1H3. The number of anilines is 1. The summed E-state index contributed by atoms with van der Waals surface area (Å²) in [4.78, 5) is 18.6. The molecule has 7 nitrogen and oxygen atoms in total. The minimum atomic E-state index is -0.523. The smallest absolute Gasteiger partial charge is 0.377 e. The number of hydrogen-bond acceptors (Lipinski definition) is 7. The Labute approximate surface area is 145 Å². The Balaban J connectivity index is 1.49. The van der Waals surface area contributed by atoms with Crippen LogP contribution < -0.4 is 4.90 Å². The van der Waals surface area contributed by atoms with E-state index in [9.17, 15) is 9.90 Å². The Hall–Kier alpha value is -2.41. The van der Waals surface area contributed by atoms with Crippen LogP contribution >= 0.6 is 0 Å². The van der Waals surface area contributed by atoms with Crippen molar-refractivity contribution >= 4 is 11.8 Å². The SMILES string of the molecule is CCOC(=O)c1cc(Cc2ccc(N3CC4CC4C3)nc2CO)no1. The van der Waals surface area contributed by atoms with Gasteiger partial charge in [0.2, 0.25) is 5.76 Å². The van der Waals surface area contributed by atoms with Gasteiger partial charge < -0.3 is 19.3 Å². The second kappa shape index (κ2) is 6.48. The summed E-state index contributed by atoms with van der Waals surface area (Å²) >= 11 is 0. The molecule has 0 aromatic carbocycles. The molecule has 132 valence electrons. The summed E-state index contributed by atoms with van der Waals surface area (Å²) in [6, 6.07) is 5.53. The molecule has 0 bridgehead atoms. The second-order valence-electron chi connectivity index (χ2n) is 6.67. The third kappa shape index (κ3) is 3.24. The van der Waals surface area contributed by atoms with Crippen molar-refractivity contribution in [3.63, 3.8) is 0 Å². The fraction of sp³-hybridized carbons (Fsp3) is 0.500. The Morgan fingerprint density at radius 3 is 2.92 bits per heavy atom. The highest BCUT2D eigenvalue weighted by Crippen LogP contribution is 2.45. The number of aliphatic hydroxyl groups excluding tert-OH is 1. The molecule has 3 heterocycles. The van der Waals surface area contributed by atoms with E-state index in [0.717, 1.165) is 36.3 Å². The molecule has 1 aliphatic carbocycles. The molecule has 2 aliphatic rings. The predicted molar refractivity (Wildman–Crippen MR) is 89.2 cm³/mol. The van der Waals surface area contributed by atoms with E-state index in [1.165, 1.54) is 6.42 Å². The number of aliphatic hydroxyl groups is 1. The lowest BCUT2D eigenvalue weighted by Crippen LogP contribution is -2.23. The molecule has 2 aromatic heterocycles. The summed E-state index contributed by atoms with van der Waals surface area (Å²) in [5.74, 6) is 2.14. The van der Waals surface area contributed by atoms with Crippen molar-refractivity contribution in [1.29, 1.82) is 0 Å². The van der Waals surface area contributed by atoms with Gasteiger partial charge in [-0.1, -0.05) is 11.2 Å². The molecule has 1 aliphatic heterocycles. The molecule has 2 atom stereocenters. The molecule has 0 radical (unpaired) electrons. The Kier molecular flexibility index (Phi) is 4.17. The molecule has 7 heteroatoms. The van der Waals surface area contributed by atoms with Crippen LogP contribution in [0, 0.1) is 11.8 Å². The van der Waals surface area contributed by atoms with E-state index in [-0.39, 0.29) is 19.0 Å². The van der Waals surface area contributed by atoms with E-state index >= 15 is 0 Å². The number of rotatable bonds is 6. The van der Waals surface area contributed by atoms with Crippen LogP contribution in [-0.2, 0) is 17.8 Å². The highest BCUT2D eigenvalue weighted by atomic mass is 16.6. The normalized spacial score (nSPS) is 21.3. The first-order valence-corrected chi connectivity index (χ1v) is 8.65. The molecular weight excluding hydrogens is 322 g/mol. The van der Waals surface area contributed by atoms with Gasteiger partial charge in [0.05, 0.1) is 24.6 Å². The van der Waals surface area contributed by atoms with Gasteiger partial charge in [-0.15, -0.1) is 0 Å². The highest BCUT2D eigenvalue weighted by Gasteiger charge is 2.45. The number of fused-ring (bicyclic) bond motifs is 1. The first-order chi connectivity index (χ1) is 12.2. The minimum absolute atomic E-state index is 0.0864. The number of ether oxygens (including phenoxy) is 1. The predicted octanol–water partition coefficient (Wildman–Crippen LogP) is 1.79. The van der Waals surface area contributed by atoms with Crippen LogP contribution in [0.4, 0.5) is 5.82 Å². The monoisotopic (exact) mass is 343 g/mol. The fourth-order valence-electron chi connectivity index (χ4n) is 3.47. The van der Waals surface area contributed by atoms with Crippen LogP contribution in [0.3, 0.4) is 0 Å². The lowest BCUT2D eigenvalue weighted by atomic mass is 10.1. The van der Waals surface area contributed by atoms with Gasteiger partial charge in [0.15, 0.2) is 0 Å². The molecule has 25 heavy (non-hydrogen) atoms. The summed E-state index contributed by atoms with van der Waals surface area (Å²) in [5.41, 5.74) is 2.12. The van der Waals surface area contributed by atoms with Crippen LogP contribution in [0.25, 0.3) is 0 Å². The van der Waals surface area contributed by atoms with Crippen molar-refractivity contribution in [1.82, 2.24) is 10.1 Å². The highest BCUT2D eigenvalue weighted by molar-refractivity contribution is 5.86. The zero-order valence-electron chi connectivity index (χ0n) is 14.1. The second-order valence-corrected chi connectivity index (χ2v) is 6.67. The maximum Gasteiger partial charge on any atom is 0.377 e. The van der Waals surface area contributed by atoms with E-state index in [1.54, 1.807) is 13.0 Å². The van der Waals surface area contributed by atoms with E-state index in [2.05, 4.69) is 15.0 Å². The number of pyridine rings is 1. The van der Waals surface area contributed by atoms with E-state index in [1.807, 2.05) is 12.1 Å². The van der Waals surface area contributed by atoms with Gasteiger partial charge in [-0.3, -0.25) is 0 Å². The number of carbonyl (C=O) groups excluding carboxylic acids is 1. The zero-order valence-corrected chi connectivity index (χ0v) is 14.1. The van der Waals surface area contributed by atoms with Gasteiger partial charge in [-0.25, -0.2) is 9.78 Å². The summed E-state index contributed by atoms with van der Waals surface area (Å²) in [6.07, 6.45) is 1.79. The van der Waals surface area contributed by atoms with Crippen molar-refractivity contribution in [2.24, 2.45) is 11.8 Å². The van der Waals surface area contributed by atoms with Gasteiger partial charge in [0, 0.05) is 25.6 Å². The molecule has 2 unspecified atom stereocenters. The first-order valence-electron chi connectivity index (χ1n) is 8.65. The summed E-state index contributed by atoms with van der Waals surface area (Å²) in [6.45, 7) is 4.02. The summed E-state index contributed by atoms with van der Waals surface area (Å²) in [7, 11) is 0. The number of piperidine rings is 1. The largest absolute Gasteiger partial charge is 0.460 e. The molecule has 2 fully saturated rings. The number of hydrogen-bond donors (Lipinski definition) is 1. The molecule has 1 saturated carbocycles. The van der Waals surface area contributed by atoms with E-state index < -0.39 is 5.97 Å². The molecule has 1 N–H and O–H groups in total. The van der Waals surface area contributed by atoms with Crippen molar-refractivity contribution in [2.45, 2.75) is 26.4 Å². The van der Waals surface area contributed by atoms with Crippen LogP contribution in [0.15, 0.2) is 22.7 Å². The van der Waals surface area contributed by atoms with Crippen LogP contribution in [0.2, 0.25) is 0 Å². The van der Waals surface area contributed by atoms with Crippen LogP contribution in [0.1, 0.15) is 40.9 Å². The average Bonchev–Trinajstić information content (AvgIpc) is 3.02. The van der Waals surface area contributed by atoms with Gasteiger partial charge in [-0.2, -0.15) is 0 Å². The average molecular weight is 343 g/mol. The van der Waals surface area contributed by atoms with E-state index in [0.29, 0.717) is 17.8 Å². The van der Waals surface area contributed by atoms with Crippen molar-refractivity contribution in [3.8, 4) is 0 Å². The number of carbonyl (C=O) groups is 1. The molecular formula is C18H21N3O4. The lowest BCUT2D eigenvalue weighted by Gasteiger charge is -2.20. The molecule has 4 rings (SSSR count). The Morgan fingerprint density at radius 2 is 2.20 bits per heavy atom. The molecule has 2 aromatic rings. The third-order valence-electron chi connectivity index (χ3n) is 4.91. The summed E-state index contributed by atoms with van der Waals surface area (Å²) in [5, 5.41) is 13.6. The quantitative estimate of drug-likeness (QED) is 0.800. The van der Waals surface area contributed by atoms with Gasteiger partial charge in [-0.05, 0) is 36.8 Å².